The van der Waals surface area contributed by atoms with Gasteiger partial charge in [0.25, 0.3) is 21.8 Å². The molecule has 0 radical (unpaired) electrons. The fourth-order valence-electron chi connectivity index (χ4n) is 3.12. The van der Waals surface area contributed by atoms with E-state index < -0.39 is 27.8 Å². The topological polar surface area (TPSA) is 125 Å². The molecule has 0 unspecified atom stereocenters. The molecule has 29 heavy (non-hydrogen) atoms. The first-order chi connectivity index (χ1) is 13.8. The molecule has 2 aromatic carbocycles. The Balaban J connectivity index is 1.81. The normalized spacial score (nSPS) is 15.5. The molecule has 1 heterocycles. The second kappa shape index (κ2) is 6.71. The monoisotopic (exact) mass is 409 g/mol. The molecule has 0 bridgehead atoms. The van der Waals surface area contributed by atoms with E-state index in [0.29, 0.717) is 16.3 Å². The molecule has 1 aliphatic heterocycles. The fourth-order valence-corrected chi connectivity index (χ4v) is 4.17. The highest BCUT2D eigenvalue weighted by atomic mass is 32.2. The van der Waals surface area contributed by atoms with Crippen LogP contribution in [0.4, 0.5) is 0 Å². The van der Waals surface area contributed by atoms with Gasteiger partial charge in [-0.15, -0.1) is 0 Å². The number of amides is 2. The average Bonchev–Trinajstić information content (AvgIpc) is 2.71. The maximum atomic E-state index is 12.8. The standard InChI is InChI=1S/C20H14N2O6S/c1-28-20(25)11-5-7-13(8-6-11)22-29(26,27)14-9-12-3-2-4-15-17(12)16(10-14)19(24)21-18(15)23/h2-10,25H,1H3,(H,21,23,24)/p-1. The van der Waals surface area contributed by atoms with Gasteiger partial charge in [-0.05, 0) is 48.4 Å². The second-order valence-electron chi connectivity index (χ2n) is 6.26. The Labute approximate surface area is 165 Å². The van der Waals surface area contributed by atoms with Crippen LogP contribution in [0.5, 0.6) is 0 Å². The Morgan fingerprint density at radius 1 is 1.03 bits per heavy atom. The van der Waals surface area contributed by atoms with Crippen molar-refractivity contribution in [2.24, 2.45) is 4.40 Å². The molecule has 8 nitrogen and oxygen atoms in total. The molecule has 4 rings (SSSR count). The average molecular weight is 409 g/mol. The van der Waals surface area contributed by atoms with Crippen LogP contribution in [0.25, 0.3) is 10.8 Å². The molecule has 1 N–H and O–H groups in total. The maximum Gasteiger partial charge on any atom is 0.282 e. The Kier molecular flexibility index (Phi) is 4.31. The summed E-state index contributed by atoms with van der Waals surface area (Å²) in [5, 5.41) is 14.5. The highest BCUT2D eigenvalue weighted by Crippen LogP contribution is 2.30. The zero-order chi connectivity index (χ0) is 20.8. The SMILES string of the molecule is COC([O-])=C1C=CC(=NS(=O)(=O)c2cc3c4c(cccc4c2)C(=O)NC3=O)C=C1. The van der Waals surface area contributed by atoms with Crippen LogP contribution in [0.15, 0.2) is 75.4 Å². The number of rotatable bonds is 3. The number of benzene rings is 2. The summed E-state index contributed by atoms with van der Waals surface area (Å²) in [6.45, 7) is 0. The van der Waals surface area contributed by atoms with Gasteiger partial charge in [0.1, 0.15) is 0 Å². The van der Waals surface area contributed by atoms with Gasteiger partial charge < -0.3 is 9.84 Å². The number of hydrogen-bond acceptors (Lipinski definition) is 6. The number of allylic oxidation sites excluding steroid dienone is 5. The third kappa shape index (κ3) is 3.21. The number of sulfonamides is 1. The molecule has 0 fully saturated rings. The molecular formula is C20H13N2O6S-. The Morgan fingerprint density at radius 3 is 2.41 bits per heavy atom. The van der Waals surface area contributed by atoms with E-state index >= 15 is 0 Å². The van der Waals surface area contributed by atoms with Gasteiger partial charge in [-0.25, -0.2) is 0 Å². The molecule has 9 heteroatoms. The molecule has 0 spiro atoms. The zero-order valence-corrected chi connectivity index (χ0v) is 15.8. The van der Waals surface area contributed by atoms with E-state index in [0.717, 1.165) is 0 Å². The number of imide groups is 1. The minimum absolute atomic E-state index is 0.0903. The zero-order valence-electron chi connectivity index (χ0n) is 15.0. The second-order valence-corrected chi connectivity index (χ2v) is 7.87. The van der Waals surface area contributed by atoms with Crippen molar-refractivity contribution in [1.82, 2.24) is 5.32 Å². The smallest absolute Gasteiger partial charge is 0.282 e. The summed E-state index contributed by atoms with van der Waals surface area (Å²) in [6, 6.07) is 7.37. The maximum absolute atomic E-state index is 12.8. The number of carbonyl (C=O) groups is 2. The lowest BCUT2D eigenvalue weighted by molar-refractivity contribution is -0.354. The van der Waals surface area contributed by atoms with Gasteiger partial charge in [0.15, 0.2) is 0 Å². The van der Waals surface area contributed by atoms with Gasteiger partial charge in [0.2, 0.25) is 0 Å². The van der Waals surface area contributed by atoms with Crippen LogP contribution >= 0.6 is 0 Å². The lowest BCUT2D eigenvalue weighted by Crippen LogP contribution is -2.34. The lowest BCUT2D eigenvalue weighted by atomic mass is 9.95. The summed E-state index contributed by atoms with van der Waals surface area (Å²) in [5.41, 5.74) is 0.761. The summed E-state index contributed by atoms with van der Waals surface area (Å²) < 4.78 is 34.0. The van der Waals surface area contributed by atoms with Crippen LogP contribution in [0, 0.1) is 0 Å². The largest absolute Gasteiger partial charge is 0.616 e. The fraction of sp³-hybridized carbons (Fsp3) is 0.0500. The minimum Gasteiger partial charge on any atom is -0.616 e. The number of nitrogens with zero attached hydrogens (tertiary/aromatic N) is 1. The number of methoxy groups -OCH3 is 1. The van der Waals surface area contributed by atoms with Crippen LogP contribution in [0.2, 0.25) is 0 Å². The van der Waals surface area contributed by atoms with Gasteiger partial charge in [-0.3, -0.25) is 14.9 Å². The third-order valence-corrected chi connectivity index (χ3v) is 5.76. The first-order valence-corrected chi connectivity index (χ1v) is 9.83. The van der Waals surface area contributed by atoms with Crippen LogP contribution in [-0.4, -0.2) is 33.1 Å². The molecule has 0 aromatic heterocycles. The number of hydrogen-bond donors (Lipinski definition) is 1. The van der Waals surface area contributed by atoms with E-state index in [-0.39, 0.29) is 21.7 Å². The van der Waals surface area contributed by atoms with Crippen LogP contribution in [0.1, 0.15) is 20.7 Å². The molecule has 0 saturated carbocycles. The van der Waals surface area contributed by atoms with E-state index in [9.17, 15) is 23.1 Å². The van der Waals surface area contributed by atoms with E-state index in [1.807, 2.05) is 0 Å². The van der Waals surface area contributed by atoms with E-state index in [1.165, 1.54) is 43.5 Å². The van der Waals surface area contributed by atoms with Crippen molar-refractivity contribution in [3.8, 4) is 0 Å². The van der Waals surface area contributed by atoms with Crippen molar-refractivity contribution >= 4 is 38.3 Å². The summed E-state index contributed by atoms with van der Waals surface area (Å²) in [4.78, 5) is 24.1. The van der Waals surface area contributed by atoms with E-state index in [4.69, 9.17) is 0 Å². The highest BCUT2D eigenvalue weighted by Gasteiger charge is 2.27. The predicted octanol–water partition coefficient (Wildman–Crippen LogP) is 1.20. The lowest BCUT2D eigenvalue weighted by Gasteiger charge is -2.17. The van der Waals surface area contributed by atoms with Crippen molar-refractivity contribution in [1.29, 1.82) is 0 Å². The molecular weight excluding hydrogens is 396 g/mol. The Hall–Kier alpha value is -3.72. The van der Waals surface area contributed by atoms with Crippen LogP contribution in [-0.2, 0) is 14.8 Å². The van der Waals surface area contributed by atoms with Crippen molar-refractivity contribution in [2.75, 3.05) is 7.11 Å². The number of nitrogens with one attached hydrogen (secondary N) is 1. The molecule has 0 atom stereocenters. The summed E-state index contributed by atoms with van der Waals surface area (Å²) in [5.74, 6) is -1.75. The Morgan fingerprint density at radius 2 is 1.72 bits per heavy atom. The van der Waals surface area contributed by atoms with Gasteiger partial charge in [-0.1, -0.05) is 24.3 Å². The van der Waals surface area contributed by atoms with Gasteiger partial charge in [0, 0.05) is 16.5 Å². The van der Waals surface area contributed by atoms with Gasteiger partial charge in [-0.2, -0.15) is 12.8 Å². The third-order valence-electron chi connectivity index (χ3n) is 4.48. The van der Waals surface area contributed by atoms with Crippen molar-refractivity contribution < 1.29 is 27.9 Å². The van der Waals surface area contributed by atoms with Crippen LogP contribution in [0.3, 0.4) is 0 Å². The van der Waals surface area contributed by atoms with Crippen molar-refractivity contribution in [3.05, 3.63) is 77.3 Å². The molecule has 1 aliphatic carbocycles. The van der Waals surface area contributed by atoms with Crippen LogP contribution < -0.4 is 10.4 Å². The van der Waals surface area contributed by atoms with Gasteiger partial charge >= 0.3 is 0 Å². The first kappa shape index (κ1) is 18.6. The molecule has 0 saturated heterocycles. The number of ether oxygens (including phenoxy) is 1. The van der Waals surface area contributed by atoms with Crippen molar-refractivity contribution in [2.45, 2.75) is 4.90 Å². The molecule has 2 amide bonds. The van der Waals surface area contributed by atoms with E-state index in [1.54, 1.807) is 18.2 Å². The van der Waals surface area contributed by atoms with Crippen molar-refractivity contribution in [3.63, 3.8) is 0 Å². The van der Waals surface area contributed by atoms with Gasteiger partial charge in [0.05, 0.1) is 16.6 Å². The molecule has 146 valence electrons. The predicted molar refractivity (Wildman–Crippen MR) is 103 cm³/mol. The minimum atomic E-state index is -4.16. The highest BCUT2D eigenvalue weighted by molar-refractivity contribution is 7.90. The molecule has 2 aromatic rings. The van der Waals surface area contributed by atoms with E-state index in [2.05, 4.69) is 14.5 Å². The molecule has 2 aliphatic rings. The Bertz CT molecular complexity index is 1300. The summed E-state index contributed by atoms with van der Waals surface area (Å²) in [6.07, 6.45) is 5.54. The summed E-state index contributed by atoms with van der Waals surface area (Å²) >= 11 is 0. The first-order valence-electron chi connectivity index (χ1n) is 8.39. The number of carbonyl (C=O) groups excluding carboxylic acids is 2. The summed E-state index contributed by atoms with van der Waals surface area (Å²) in [7, 11) is -2.92. The quantitative estimate of drug-likeness (QED) is 0.600.